The lowest BCUT2D eigenvalue weighted by Gasteiger charge is -2.03. The maximum absolute atomic E-state index is 14.0. The molecule has 2 heterocycles. The zero-order valence-corrected chi connectivity index (χ0v) is 15.0. The second kappa shape index (κ2) is 6.54. The highest BCUT2D eigenvalue weighted by Gasteiger charge is 2.15. The Morgan fingerprint density at radius 3 is 2.72 bits per heavy atom. The summed E-state index contributed by atoms with van der Waals surface area (Å²) in [5, 5.41) is 14.2. The molecule has 0 saturated carbocycles. The molecule has 126 valence electrons. The van der Waals surface area contributed by atoms with Crippen LogP contribution in [0.3, 0.4) is 0 Å². The van der Waals surface area contributed by atoms with Crippen LogP contribution < -0.4 is 0 Å². The summed E-state index contributed by atoms with van der Waals surface area (Å²) in [6, 6.07) is 12.8. The van der Waals surface area contributed by atoms with E-state index in [1.165, 1.54) is 28.5 Å². The number of aromatic nitrogens is 4. The van der Waals surface area contributed by atoms with Gasteiger partial charge in [-0.1, -0.05) is 53.3 Å². The third-order valence-corrected chi connectivity index (χ3v) is 5.35. The predicted molar refractivity (Wildman–Crippen MR) is 96.9 cm³/mol. The van der Waals surface area contributed by atoms with Crippen LogP contribution in [0.5, 0.6) is 0 Å². The highest BCUT2D eigenvalue weighted by molar-refractivity contribution is 7.16. The van der Waals surface area contributed by atoms with Crippen molar-refractivity contribution in [3.05, 3.63) is 80.8 Å². The molecule has 4 rings (SSSR count). The number of hydrogen-bond acceptors (Lipinski definition) is 4. The van der Waals surface area contributed by atoms with E-state index < -0.39 is 0 Å². The van der Waals surface area contributed by atoms with Crippen LogP contribution in [0.1, 0.15) is 27.5 Å². The molecule has 0 amide bonds. The fourth-order valence-corrected chi connectivity index (χ4v) is 3.80. The van der Waals surface area contributed by atoms with Crippen molar-refractivity contribution >= 4 is 27.9 Å². The molecule has 0 aliphatic heterocycles. The maximum atomic E-state index is 14.0. The first-order valence-corrected chi connectivity index (χ1v) is 8.98. The van der Waals surface area contributed by atoms with E-state index in [4.69, 9.17) is 11.6 Å². The molecule has 25 heavy (non-hydrogen) atoms. The number of nitrogens with zero attached hydrogens (tertiary/aromatic N) is 4. The lowest BCUT2D eigenvalue weighted by Crippen LogP contribution is -2.00. The van der Waals surface area contributed by atoms with Gasteiger partial charge in [-0.2, -0.15) is 9.61 Å². The molecule has 0 aliphatic carbocycles. The average Bonchev–Trinajstić information content (AvgIpc) is 3.15. The van der Waals surface area contributed by atoms with Gasteiger partial charge in [-0.3, -0.25) is 0 Å². The predicted octanol–water partition coefficient (Wildman–Crippen LogP) is 4.47. The Kier molecular flexibility index (Phi) is 4.23. The minimum absolute atomic E-state index is 0.321. The van der Waals surface area contributed by atoms with Gasteiger partial charge in [-0.05, 0) is 30.2 Å². The normalized spacial score (nSPS) is 11.3. The topological polar surface area (TPSA) is 43.1 Å². The number of halogens is 2. The molecule has 0 spiro atoms. The molecule has 0 fully saturated rings. The van der Waals surface area contributed by atoms with Crippen LogP contribution in [0, 0.1) is 12.7 Å². The van der Waals surface area contributed by atoms with E-state index in [9.17, 15) is 4.39 Å². The molecule has 0 N–H and O–H groups in total. The smallest absolute Gasteiger partial charge is 0.207 e. The summed E-state index contributed by atoms with van der Waals surface area (Å²) in [5.41, 5.74) is 2.84. The van der Waals surface area contributed by atoms with E-state index in [1.807, 2.05) is 12.1 Å². The van der Waals surface area contributed by atoms with Gasteiger partial charge in [0.05, 0.1) is 0 Å². The highest BCUT2D eigenvalue weighted by Crippen LogP contribution is 2.25. The van der Waals surface area contributed by atoms with Gasteiger partial charge in [-0.25, -0.2) is 4.39 Å². The van der Waals surface area contributed by atoms with Crippen molar-refractivity contribution in [2.75, 3.05) is 0 Å². The molecule has 7 heteroatoms. The van der Waals surface area contributed by atoms with E-state index in [1.54, 1.807) is 16.6 Å². The summed E-state index contributed by atoms with van der Waals surface area (Å²) in [6.07, 6.45) is 0.987. The molecular formula is C18H14ClFN4S. The molecule has 0 radical (unpaired) electrons. The third kappa shape index (κ3) is 3.15. The number of benzene rings is 2. The highest BCUT2D eigenvalue weighted by atomic mass is 35.5. The summed E-state index contributed by atoms with van der Waals surface area (Å²) >= 11 is 7.51. The van der Waals surface area contributed by atoms with Crippen LogP contribution in [0.15, 0.2) is 42.5 Å². The van der Waals surface area contributed by atoms with E-state index in [-0.39, 0.29) is 5.82 Å². The van der Waals surface area contributed by atoms with Gasteiger partial charge in [0.1, 0.15) is 10.8 Å². The molecule has 4 aromatic rings. The lowest BCUT2D eigenvalue weighted by molar-refractivity contribution is 0.613. The molecule has 0 atom stereocenters. The van der Waals surface area contributed by atoms with Crippen molar-refractivity contribution in [1.29, 1.82) is 0 Å². The zero-order valence-electron chi connectivity index (χ0n) is 13.4. The second-order valence-electron chi connectivity index (χ2n) is 5.79. The van der Waals surface area contributed by atoms with Gasteiger partial charge in [0, 0.05) is 23.4 Å². The molecule has 0 unspecified atom stereocenters. The molecular weight excluding hydrogens is 359 g/mol. The summed E-state index contributed by atoms with van der Waals surface area (Å²) in [4.78, 5) is 0.700. The zero-order chi connectivity index (χ0) is 17.4. The maximum Gasteiger partial charge on any atom is 0.234 e. The first kappa shape index (κ1) is 16.2. The quantitative estimate of drug-likeness (QED) is 0.531. The summed E-state index contributed by atoms with van der Waals surface area (Å²) in [7, 11) is 0. The van der Waals surface area contributed by atoms with E-state index in [0.29, 0.717) is 28.4 Å². The molecule has 0 aliphatic rings. The minimum Gasteiger partial charge on any atom is -0.207 e. The second-order valence-corrected chi connectivity index (χ2v) is 7.23. The number of aryl methyl sites for hydroxylation is 1. The first-order chi connectivity index (χ1) is 12.1. The van der Waals surface area contributed by atoms with Gasteiger partial charge in [0.25, 0.3) is 0 Å². The number of fused-ring (bicyclic) bond motifs is 1. The van der Waals surface area contributed by atoms with Crippen molar-refractivity contribution in [3.8, 4) is 0 Å². The van der Waals surface area contributed by atoms with Crippen LogP contribution in [0.25, 0.3) is 4.96 Å². The van der Waals surface area contributed by atoms with Crippen molar-refractivity contribution in [2.45, 2.75) is 19.8 Å². The van der Waals surface area contributed by atoms with Gasteiger partial charge in [-0.15, -0.1) is 10.2 Å². The van der Waals surface area contributed by atoms with Crippen LogP contribution in [0.4, 0.5) is 4.39 Å². The van der Waals surface area contributed by atoms with E-state index in [0.717, 1.165) is 10.8 Å². The summed E-state index contributed by atoms with van der Waals surface area (Å²) < 4.78 is 15.7. The van der Waals surface area contributed by atoms with Crippen LogP contribution >= 0.6 is 22.9 Å². The van der Waals surface area contributed by atoms with Crippen LogP contribution in [-0.4, -0.2) is 19.8 Å². The monoisotopic (exact) mass is 372 g/mol. The molecule has 2 aromatic heterocycles. The van der Waals surface area contributed by atoms with Gasteiger partial charge in [0.15, 0.2) is 5.82 Å². The Labute approximate surface area is 152 Å². The Bertz CT molecular complexity index is 1040. The van der Waals surface area contributed by atoms with Gasteiger partial charge in [0.2, 0.25) is 4.96 Å². The first-order valence-electron chi connectivity index (χ1n) is 7.79. The fraction of sp³-hybridized carbons (Fsp3) is 0.167. The van der Waals surface area contributed by atoms with Gasteiger partial charge < -0.3 is 0 Å². The summed E-state index contributed by atoms with van der Waals surface area (Å²) in [6.45, 7) is 2.07. The SMILES string of the molecule is Cc1ccccc1Cc1nnc2sc(Cc3c(F)cccc3Cl)nn12. The van der Waals surface area contributed by atoms with Crippen molar-refractivity contribution in [1.82, 2.24) is 19.8 Å². The Balaban J connectivity index is 1.66. The largest absolute Gasteiger partial charge is 0.234 e. The molecule has 2 aromatic carbocycles. The molecule has 0 bridgehead atoms. The number of rotatable bonds is 4. The fourth-order valence-electron chi connectivity index (χ4n) is 2.71. The molecule has 0 saturated heterocycles. The van der Waals surface area contributed by atoms with Crippen LogP contribution in [0.2, 0.25) is 5.02 Å². The van der Waals surface area contributed by atoms with Crippen molar-refractivity contribution < 1.29 is 4.39 Å². The number of hydrogen-bond donors (Lipinski definition) is 0. The lowest BCUT2D eigenvalue weighted by atomic mass is 10.1. The third-order valence-electron chi connectivity index (χ3n) is 4.10. The van der Waals surface area contributed by atoms with E-state index in [2.05, 4.69) is 34.4 Å². The van der Waals surface area contributed by atoms with E-state index >= 15 is 0 Å². The minimum atomic E-state index is -0.321. The Hall–Kier alpha value is -2.31. The van der Waals surface area contributed by atoms with Crippen LogP contribution in [-0.2, 0) is 12.8 Å². The average molecular weight is 373 g/mol. The molecule has 4 nitrogen and oxygen atoms in total. The summed E-state index contributed by atoms with van der Waals surface area (Å²) in [5.74, 6) is 0.449. The standard InChI is InChI=1S/C18H14ClFN4S/c1-11-5-2-3-6-12(11)9-16-21-22-18-24(16)23-17(25-18)10-13-14(19)7-4-8-15(13)20/h2-8H,9-10H2,1H3. The van der Waals surface area contributed by atoms with Crippen molar-refractivity contribution in [3.63, 3.8) is 0 Å². The van der Waals surface area contributed by atoms with Crippen molar-refractivity contribution in [2.24, 2.45) is 0 Å². The van der Waals surface area contributed by atoms with Gasteiger partial charge >= 0.3 is 0 Å². The Morgan fingerprint density at radius 2 is 1.92 bits per heavy atom. The Morgan fingerprint density at radius 1 is 1.08 bits per heavy atom.